The highest BCUT2D eigenvalue weighted by Gasteiger charge is 2.04. The van der Waals surface area contributed by atoms with Gasteiger partial charge in [-0.1, -0.05) is 48.6 Å². The second-order valence-electron chi connectivity index (χ2n) is 5.74. The summed E-state index contributed by atoms with van der Waals surface area (Å²) in [7, 11) is 0. The van der Waals surface area contributed by atoms with Gasteiger partial charge in [0.1, 0.15) is 11.5 Å². The molecule has 2 nitrogen and oxygen atoms in total. The van der Waals surface area contributed by atoms with Crippen LogP contribution in [-0.4, -0.2) is 12.2 Å². The zero-order chi connectivity index (χ0) is 15.9. The van der Waals surface area contributed by atoms with Gasteiger partial charge in [0.15, 0.2) is 0 Å². The van der Waals surface area contributed by atoms with E-state index in [4.69, 9.17) is 9.47 Å². The number of ether oxygens (including phenoxy) is 2. The first-order valence-corrected chi connectivity index (χ1v) is 7.75. The molecular formula is C20H24O2. The fraction of sp³-hybridized carbons (Fsp3) is 0.300. The highest BCUT2D eigenvalue weighted by molar-refractivity contribution is 5.74. The minimum Gasteiger partial charge on any atom is -0.490 e. The van der Waals surface area contributed by atoms with Crippen LogP contribution in [0.4, 0.5) is 0 Å². The Labute approximate surface area is 133 Å². The third-order valence-electron chi connectivity index (χ3n) is 3.01. The molecule has 0 saturated carbocycles. The summed E-state index contributed by atoms with van der Waals surface area (Å²) < 4.78 is 11.7. The largest absolute Gasteiger partial charge is 0.490 e. The minimum absolute atomic E-state index is 0.158. The molecule has 2 aromatic carbocycles. The Morgan fingerprint density at radius 3 is 1.36 bits per heavy atom. The molecule has 2 heteroatoms. The molecular weight excluding hydrogens is 272 g/mol. The van der Waals surface area contributed by atoms with Crippen LogP contribution in [0.25, 0.3) is 12.2 Å². The molecule has 0 fully saturated rings. The van der Waals surface area contributed by atoms with E-state index in [0.717, 1.165) is 22.6 Å². The van der Waals surface area contributed by atoms with Crippen LogP contribution in [0.5, 0.6) is 11.5 Å². The van der Waals surface area contributed by atoms with Crippen molar-refractivity contribution in [2.45, 2.75) is 39.9 Å². The smallest absolute Gasteiger partial charge is 0.126 e. The molecule has 0 atom stereocenters. The van der Waals surface area contributed by atoms with E-state index in [2.05, 4.69) is 24.3 Å². The molecule has 0 aliphatic rings. The first-order chi connectivity index (χ1) is 10.6. The molecule has 2 rings (SSSR count). The lowest BCUT2D eigenvalue weighted by Crippen LogP contribution is -2.06. The summed E-state index contributed by atoms with van der Waals surface area (Å²) in [6.45, 7) is 8.14. The predicted molar refractivity (Wildman–Crippen MR) is 93.3 cm³/mol. The summed E-state index contributed by atoms with van der Waals surface area (Å²) in [6, 6.07) is 16.1. The van der Waals surface area contributed by atoms with Crippen LogP contribution in [0.3, 0.4) is 0 Å². The monoisotopic (exact) mass is 296 g/mol. The molecule has 0 heterocycles. The Balaban J connectivity index is 2.26. The molecule has 0 N–H and O–H groups in total. The van der Waals surface area contributed by atoms with Crippen LogP contribution in [0.1, 0.15) is 38.8 Å². The highest BCUT2D eigenvalue weighted by atomic mass is 16.5. The van der Waals surface area contributed by atoms with Gasteiger partial charge in [-0.15, -0.1) is 0 Å². The maximum Gasteiger partial charge on any atom is 0.126 e. The van der Waals surface area contributed by atoms with E-state index in [1.54, 1.807) is 0 Å². The quantitative estimate of drug-likeness (QED) is 0.662. The number of para-hydroxylation sites is 2. The van der Waals surface area contributed by atoms with E-state index in [-0.39, 0.29) is 12.2 Å². The molecule has 0 spiro atoms. The topological polar surface area (TPSA) is 18.5 Å². The van der Waals surface area contributed by atoms with Crippen LogP contribution in [-0.2, 0) is 0 Å². The maximum absolute atomic E-state index is 5.85. The number of hydrogen-bond donors (Lipinski definition) is 0. The standard InChI is InChI=1S/C20H24O2/c1-15(2)21-19-11-7-5-9-17(19)13-14-18-10-6-8-12-20(18)22-16(3)4/h5-16H,1-4H3/b14-13+. The fourth-order valence-corrected chi connectivity index (χ4v) is 2.14. The molecule has 0 unspecified atom stereocenters. The molecule has 0 aliphatic heterocycles. The SMILES string of the molecule is CC(C)Oc1ccccc1/C=C/c1ccccc1OC(C)C. The lowest BCUT2D eigenvalue weighted by Gasteiger charge is -2.13. The summed E-state index contributed by atoms with van der Waals surface area (Å²) in [5, 5.41) is 0. The highest BCUT2D eigenvalue weighted by Crippen LogP contribution is 2.25. The number of rotatable bonds is 6. The Hall–Kier alpha value is -2.22. The summed E-state index contributed by atoms with van der Waals surface area (Å²) in [5.74, 6) is 1.80. The minimum atomic E-state index is 0.158. The Morgan fingerprint density at radius 1 is 0.636 bits per heavy atom. The van der Waals surface area contributed by atoms with Crippen molar-refractivity contribution in [3.8, 4) is 11.5 Å². The summed E-state index contributed by atoms with van der Waals surface area (Å²) in [5.41, 5.74) is 2.13. The van der Waals surface area contributed by atoms with E-state index in [0.29, 0.717) is 0 Å². The lowest BCUT2D eigenvalue weighted by atomic mass is 10.1. The third kappa shape index (κ3) is 4.66. The number of hydrogen-bond acceptors (Lipinski definition) is 2. The van der Waals surface area contributed by atoms with Gasteiger partial charge in [-0.05, 0) is 39.8 Å². The molecule has 0 saturated heterocycles. The predicted octanol–water partition coefficient (Wildman–Crippen LogP) is 5.43. The van der Waals surface area contributed by atoms with E-state index in [1.165, 1.54) is 0 Å². The van der Waals surface area contributed by atoms with Crippen molar-refractivity contribution in [2.75, 3.05) is 0 Å². The summed E-state index contributed by atoms with van der Waals surface area (Å²) in [6.07, 6.45) is 4.46. The van der Waals surface area contributed by atoms with Gasteiger partial charge in [0, 0.05) is 11.1 Å². The Morgan fingerprint density at radius 2 is 1.00 bits per heavy atom. The molecule has 0 radical (unpaired) electrons. The van der Waals surface area contributed by atoms with Crippen LogP contribution < -0.4 is 9.47 Å². The maximum atomic E-state index is 5.85. The Kier molecular flexibility index (Phi) is 5.65. The Bertz CT molecular complexity index is 572. The van der Waals surface area contributed by atoms with E-state index >= 15 is 0 Å². The number of benzene rings is 2. The molecule has 116 valence electrons. The molecule has 0 aromatic heterocycles. The van der Waals surface area contributed by atoms with Gasteiger partial charge < -0.3 is 9.47 Å². The van der Waals surface area contributed by atoms with Crippen molar-refractivity contribution in [3.63, 3.8) is 0 Å². The molecule has 0 aliphatic carbocycles. The molecule has 2 aromatic rings. The van der Waals surface area contributed by atoms with Gasteiger partial charge >= 0.3 is 0 Å². The van der Waals surface area contributed by atoms with E-state index in [1.807, 2.05) is 64.1 Å². The van der Waals surface area contributed by atoms with Crippen molar-refractivity contribution in [2.24, 2.45) is 0 Å². The van der Waals surface area contributed by atoms with E-state index < -0.39 is 0 Å². The lowest BCUT2D eigenvalue weighted by molar-refractivity contribution is 0.241. The van der Waals surface area contributed by atoms with Crippen molar-refractivity contribution in [3.05, 3.63) is 59.7 Å². The van der Waals surface area contributed by atoms with Crippen molar-refractivity contribution in [1.29, 1.82) is 0 Å². The van der Waals surface area contributed by atoms with E-state index in [9.17, 15) is 0 Å². The molecule has 22 heavy (non-hydrogen) atoms. The van der Waals surface area contributed by atoms with Crippen molar-refractivity contribution >= 4 is 12.2 Å². The zero-order valence-electron chi connectivity index (χ0n) is 13.7. The second-order valence-corrected chi connectivity index (χ2v) is 5.74. The fourth-order valence-electron chi connectivity index (χ4n) is 2.14. The van der Waals surface area contributed by atoms with Crippen LogP contribution in [0, 0.1) is 0 Å². The normalized spacial score (nSPS) is 11.4. The zero-order valence-corrected chi connectivity index (χ0v) is 13.7. The summed E-state index contributed by atoms with van der Waals surface area (Å²) >= 11 is 0. The third-order valence-corrected chi connectivity index (χ3v) is 3.01. The van der Waals surface area contributed by atoms with Crippen LogP contribution >= 0.6 is 0 Å². The average Bonchev–Trinajstić information content (AvgIpc) is 2.46. The van der Waals surface area contributed by atoms with Crippen molar-refractivity contribution in [1.82, 2.24) is 0 Å². The van der Waals surface area contributed by atoms with Gasteiger partial charge in [0.25, 0.3) is 0 Å². The van der Waals surface area contributed by atoms with Gasteiger partial charge in [0.2, 0.25) is 0 Å². The van der Waals surface area contributed by atoms with Gasteiger partial charge in [0.05, 0.1) is 12.2 Å². The molecule has 0 bridgehead atoms. The summed E-state index contributed by atoms with van der Waals surface area (Å²) in [4.78, 5) is 0. The van der Waals surface area contributed by atoms with Gasteiger partial charge in [-0.3, -0.25) is 0 Å². The average molecular weight is 296 g/mol. The first-order valence-electron chi connectivity index (χ1n) is 7.75. The van der Waals surface area contributed by atoms with Gasteiger partial charge in [-0.2, -0.15) is 0 Å². The van der Waals surface area contributed by atoms with Crippen LogP contribution in [0.15, 0.2) is 48.5 Å². The second kappa shape index (κ2) is 7.69. The van der Waals surface area contributed by atoms with Crippen molar-refractivity contribution < 1.29 is 9.47 Å². The van der Waals surface area contributed by atoms with Crippen LogP contribution in [0.2, 0.25) is 0 Å². The molecule has 0 amide bonds. The first kappa shape index (κ1) is 16.2. The van der Waals surface area contributed by atoms with Gasteiger partial charge in [-0.25, -0.2) is 0 Å².